The average Bonchev–Trinajstić information content (AvgIpc) is 2.62. The van der Waals surface area contributed by atoms with E-state index in [1.165, 1.54) is 0 Å². The molecule has 1 aliphatic rings. The molecule has 0 fully saturated rings. The summed E-state index contributed by atoms with van der Waals surface area (Å²) in [4.78, 5) is 14.5. The SMILES string of the molecule is O=c1[nH]c2c(Br)cnn2c2c1COCC2. The van der Waals surface area contributed by atoms with Gasteiger partial charge < -0.3 is 9.72 Å². The molecule has 0 aliphatic carbocycles. The van der Waals surface area contributed by atoms with Crippen molar-refractivity contribution in [1.82, 2.24) is 14.6 Å². The Morgan fingerprint density at radius 1 is 1.60 bits per heavy atom. The van der Waals surface area contributed by atoms with E-state index in [9.17, 15) is 4.79 Å². The van der Waals surface area contributed by atoms with Gasteiger partial charge in [0, 0.05) is 6.42 Å². The van der Waals surface area contributed by atoms with Gasteiger partial charge in [0.25, 0.3) is 5.56 Å². The number of halogens is 1. The van der Waals surface area contributed by atoms with Crippen molar-refractivity contribution in [2.45, 2.75) is 13.0 Å². The van der Waals surface area contributed by atoms with Crippen LogP contribution in [0.25, 0.3) is 5.65 Å². The van der Waals surface area contributed by atoms with Crippen LogP contribution in [0.5, 0.6) is 0 Å². The standard InChI is InChI=1S/C9H8BrN3O2/c10-6-3-11-13-7-1-2-15-4-5(7)9(14)12-8(6)13/h3H,1-2,4H2,(H,12,14). The molecule has 2 aromatic rings. The Kier molecular flexibility index (Phi) is 1.93. The highest BCUT2D eigenvalue weighted by Crippen LogP contribution is 2.19. The number of aromatic amines is 1. The Hall–Kier alpha value is -1.14. The summed E-state index contributed by atoms with van der Waals surface area (Å²) in [6, 6.07) is 0. The Morgan fingerprint density at radius 2 is 2.47 bits per heavy atom. The summed E-state index contributed by atoms with van der Waals surface area (Å²) in [6.07, 6.45) is 2.41. The van der Waals surface area contributed by atoms with Crippen LogP contribution >= 0.6 is 15.9 Å². The van der Waals surface area contributed by atoms with Crippen molar-refractivity contribution in [3.8, 4) is 0 Å². The van der Waals surface area contributed by atoms with Gasteiger partial charge in [0.2, 0.25) is 0 Å². The van der Waals surface area contributed by atoms with E-state index in [-0.39, 0.29) is 5.56 Å². The van der Waals surface area contributed by atoms with Gasteiger partial charge in [-0.3, -0.25) is 4.79 Å². The molecular formula is C9H8BrN3O2. The first-order valence-electron chi connectivity index (χ1n) is 4.62. The zero-order valence-electron chi connectivity index (χ0n) is 7.79. The summed E-state index contributed by atoms with van der Waals surface area (Å²) in [7, 11) is 0. The lowest BCUT2D eigenvalue weighted by atomic mass is 10.1. The van der Waals surface area contributed by atoms with Gasteiger partial charge in [-0.15, -0.1) is 0 Å². The Balaban J connectivity index is 2.45. The third kappa shape index (κ3) is 1.25. The fourth-order valence-electron chi connectivity index (χ4n) is 1.84. The lowest BCUT2D eigenvalue weighted by Crippen LogP contribution is -2.25. The molecule has 2 aromatic heterocycles. The number of fused-ring (bicyclic) bond motifs is 3. The van der Waals surface area contributed by atoms with Crippen molar-refractivity contribution in [3.63, 3.8) is 0 Å². The van der Waals surface area contributed by atoms with Gasteiger partial charge in [-0.2, -0.15) is 5.10 Å². The first-order chi connectivity index (χ1) is 7.27. The number of nitrogens with one attached hydrogen (secondary N) is 1. The number of nitrogens with zero attached hydrogens (tertiary/aromatic N) is 2. The van der Waals surface area contributed by atoms with Gasteiger partial charge in [0.1, 0.15) is 0 Å². The lowest BCUT2D eigenvalue weighted by molar-refractivity contribution is 0.107. The summed E-state index contributed by atoms with van der Waals surface area (Å²) in [6.45, 7) is 1.01. The first-order valence-corrected chi connectivity index (χ1v) is 5.41. The third-order valence-corrected chi connectivity index (χ3v) is 3.14. The third-order valence-electron chi connectivity index (χ3n) is 2.56. The monoisotopic (exact) mass is 269 g/mol. The molecule has 0 spiro atoms. The highest BCUT2D eigenvalue weighted by Gasteiger charge is 2.18. The Labute approximate surface area is 93.2 Å². The van der Waals surface area contributed by atoms with E-state index in [1.807, 2.05) is 0 Å². The van der Waals surface area contributed by atoms with Crippen molar-refractivity contribution in [2.75, 3.05) is 6.61 Å². The van der Waals surface area contributed by atoms with E-state index in [2.05, 4.69) is 26.0 Å². The second-order valence-electron chi connectivity index (χ2n) is 3.43. The molecule has 0 unspecified atom stereocenters. The maximum absolute atomic E-state index is 11.7. The number of H-pyrrole nitrogens is 1. The number of hydrogen-bond acceptors (Lipinski definition) is 3. The number of ether oxygens (including phenoxy) is 1. The van der Waals surface area contributed by atoms with Gasteiger partial charge in [-0.1, -0.05) is 0 Å². The summed E-state index contributed by atoms with van der Waals surface area (Å²) in [5, 5.41) is 4.22. The van der Waals surface area contributed by atoms with Crippen LogP contribution in [-0.4, -0.2) is 21.2 Å². The van der Waals surface area contributed by atoms with Crippen LogP contribution in [0.2, 0.25) is 0 Å². The minimum atomic E-state index is -0.0848. The molecule has 15 heavy (non-hydrogen) atoms. The van der Waals surface area contributed by atoms with E-state index in [0.29, 0.717) is 24.4 Å². The van der Waals surface area contributed by atoms with E-state index in [0.717, 1.165) is 16.6 Å². The van der Waals surface area contributed by atoms with Crippen LogP contribution in [0.3, 0.4) is 0 Å². The van der Waals surface area contributed by atoms with Gasteiger partial charge in [-0.25, -0.2) is 4.52 Å². The minimum absolute atomic E-state index is 0.0848. The molecule has 3 rings (SSSR count). The predicted octanol–water partition coefficient (Wildman–Crippen LogP) is 0.858. The molecule has 0 aromatic carbocycles. The summed E-state index contributed by atoms with van der Waals surface area (Å²) >= 11 is 3.34. The fraction of sp³-hybridized carbons (Fsp3) is 0.333. The molecule has 0 radical (unpaired) electrons. The van der Waals surface area contributed by atoms with Crippen LogP contribution < -0.4 is 5.56 Å². The van der Waals surface area contributed by atoms with Crippen LogP contribution in [-0.2, 0) is 17.8 Å². The molecule has 0 saturated carbocycles. The van der Waals surface area contributed by atoms with Crippen molar-refractivity contribution in [2.24, 2.45) is 0 Å². The first kappa shape index (κ1) is 9.11. The Morgan fingerprint density at radius 3 is 3.33 bits per heavy atom. The van der Waals surface area contributed by atoms with Crippen molar-refractivity contribution in [1.29, 1.82) is 0 Å². The number of aromatic nitrogens is 3. The zero-order valence-corrected chi connectivity index (χ0v) is 9.37. The maximum Gasteiger partial charge on any atom is 0.256 e. The number of rotatable bonds is 0. The smallest absolute Gasteiger partial charge is 0.256 e. The van der Waals surface area contributed by atoms with Gasteiger partial charge >= 0.3 is 0 Å². The molecule has 3 heterocycles. The van der Waals surface area contributed by atoms with Crippen LogP contribution in [0.1, 0.15) is 11.3 Å². The zero-order chi connectivity index (χ0) is 10.4. The van der Waals surface area contributed by atoms with Crippen LogP contribution in [0.15, 0.2) is 15.5 Å². The minimum Gasteiger partial charge on any atom is -0.376 e. The van der Waals surface area contributed by atoms with E-state index in [4.69, 9.17) is 4.74 Å². The molecule has 0 saturated heterocycles. The summed E-state index contributed by atoms with van der Waals surface area (Å²) in [5.41, 5.74) is 2.26. The topological polar surface area (TPSA) is 59.4 Å². The lowest BCUT2D eigenvalue weighted by Gasteiger charge is -2.16. The second-order valence-corrected chi connectivity index (χ2v) is 4.29. The molecule has 78 valence electrons. The van der Waals surface area contributed by atoms with Crippen molar-refractivity contribution >= 4 is 21.6 Å². The molecule has 6 heteroatoms. The van der Waals surface area contributed by atoms with E-state index in [1.54, 1.807) is 10.7 Å². The molecule has 1 N–H and O–H groups in total. The molecule has 5 nitrogen and oxygen atoms in total. The van der Waals surface area contributed by atoms with Crippen LogP contribution in [0.4, 0.5) is 0 Å². The molecule has 0 amide bonds. The Bertz CT molecular complexity index is 587. The molecular weight excluding hydrogens is 262 g/mol. The van der Waals surface area contributed by atoms with E-state index >= 15 is 0 Å². The van der Waals surface area contributed by atoms with Gasteiger partial charge in [0.15, 0.2) is 5.65 Å². The van der Waals surface area contributed by atoms with Crippen molar-refractivity contribution in [3.05, 3.63) is 32.3 Å². The largest absolute Gasteiger partial charge is 0.376 e. The molecule has 0 bridgehead atoms. The second kappa shape index (κ2) is 3.18. The predicted molar refractivity (Wildman–Crippen MR) is 56.9 cm³/mol. The van der Waals surface area contributed by atoms with E-state index < -0.39 is 0 Å². The van der Waals surface area contributed by atoms with Crippen LogP contribution in [0, 0.1) is 0 Å². The van der Waals surface area contributed by atoms with Crippen molar-refractivity contribution < 1.29 is 4.74 Å². The summed E-state index contributed by atoms with van der Waals surface area (Å²) in [5.74, 6) is 0. The molecule has 1 aliphatic heterocycles. The van der Waals surface area contributed by atoms with Gasteiger partial charge in [-0.05, 0) is 15.9 Å². The summed E-state index contributed by atoms with van der Waals surface area (Å²) < 4.78 is 7.83. The van der Waals surface area contributed by atoms with Gasteiger partial charge in [0.05, 0.1) is 35.1 Å². The molecule has 0 atom stereocenters. The normalized spacial score (nSPS) is 15.5. The quantitative estimate of drug-likeness (QED) is 0.772. The maximum atomic E-state index is 11.7. The highest BCUT2D eigenvalue weighted by molar-refractivity contribution is 9.10. The highest BCUT2D eigenvalue weighted by atomic mass is 79.9. The average molecular weight is 270 g/mol. The fourth-order valence-corrected chi connectivity index (χ4v) is 2.20. The number of hydrogen-bond donors (Lipinski definition) is 1.